The van der Waals surface area contributed by atoms with Crippen molar-refractivity contribution in [1.29, 1.82) is 0 Å². The molecule has 3 atom stereocenters. The Morgan fingerprint density at radius 3 is 3.00 bits per heavy atom. The van der Waals surface area contributed by atoms with Crippen molar-refractivity contribution < 1.29 is 4.79 Å². The Morgan fingerprint density at radius 2 is 2.17 bits per heavy atom. The van der Waals surface area contributed by atoms with Crippen LogP contribution in [0.15, 0.2) is 53.4 Å². The van der Waals surface area contributed by atoms with Crippen LogP contribution < -0.4 is 5.32 Å². The highest BCUT2D eigenvalue weighted by molar-refractivity contribution is 8.01. The molecule has 0 radical (unpaired) electrons. The summed E-state index contributed by atoms with van der Waals surface area (Å²) >= 11 is 1.90. The number of carbonyl (C=O) groups is 1. The summed E-state index contributed by atoms with van der Waals surface area (Å²) < 4.78 is 0.00372. The Hall–Kier alpha value is -1.59. The van der Waals surface area contributed by atoms with Crippen LogP contribution in [0, 0.1) is 11.8 Å². The van der Waals surface area contributed by atoms with Crippen molar-refractivity contribution in [2.75, 3.05) is 11.1 Å². The standard InChI is InChI=1S/C17H17N3OS.ClH/c21-16(20-12-4-8-18-9-5-12)13-11-22-17-7-2-1-3-15(17)19-10-6-14(13)17;/h1-5,8-10,13-14H,6-7,11H2,(H,18,20,21);1H. The zero-order valence-corrected chi connectivity index (χ0v) is 14.1. The molecule has 1 aromatic rings. The highest BCUT2D eigenvalue weighted by Gasteiger charge is 2.54. The van der Waals surface area contributed by atoms with Gasteiger partial charge in [0.05, 0.1) is 16.4 Å². The second-order valence-electron chi connectivity index (χ2n) is 5.87. The van der Waals surface area contributed by atoms with E-state index in [0.29, 0.717) is 5.92 Å². The number of thioether (sulfide) groups is 1. The molecule has 1 amide bonds. The van der Waals surface area contributed by atoms with Gasteiger partial charge in [0.25, 0.3) is 0 Å². The van der Waals surface area contributed by atoms with E-state index in [1.165, 1.54) is 0 Å². The van der Waals surface area contributed by atoms with Crippen molar-refractivity contribution >= 4 is 42.0 Å². The maximum absolute atomic E-state index is 12.7. The van der Waals surface area contributed by atoms with E-state index in [0.717, 1.165) is 30.0 Å². The van der Waals surface area contributed by atoms with Crippen LogP contribution in [0.4, 0.5) is 5.69 Å². The first kappa shape index (κ1) is 16.3. The Balaban J connectivity index is 0.00000156. The topological polar surface area (TPSA) is 54.4 Å². The SMILES string of the molecule is Cl.O=C(Nc1ccncc1)C1CSC23CC=CC=C2N=CCC13. The summed E-state index contributed by atoms with van der Waals surface area (Å²) in [6.45, 7) is 0. The van der Waals surface area contributed by atoms with Gasteiger partial charge < -0.3 is 5.32 Å². The lowest BCUT2D eigenvalue weighted by Gasteiger charge is -2.39. The normalized spacial score (nSPS) is 30.7. The van der Waals surface area contributed by atoms with Crippen molar-refractivity contribution in [3.63, 3.8) is 0 Å². The van der Waals surface area contributed by atoms with Gasteiger partial charge in [0.2, 0.25) is 5.91 Å². The Morgan fingerprint density at radius 1 is 1.35 bits per heavy atom. The number of allylic oxidation sites excluding steroid dienone is 3. The maximum Gasteiger partial charge on any atom is 0.228 e. The monoisotopic (exact) mass is 347 g/mol. The van der Waals surface area contributed by atoms with Gasteiger partial charge in [-0.15, -0.1) is 24.2 Å². The third kappa shape index (κ3) is 2.72. The summed E-state index contributed by atoms with van der Waals surface area (Å²) in [5.41, 5.74) is 1.95. The van der Waals surface area contributed by atoms with E-state index in [-0.39, 0.29) is 29.0 Å². The van der Waals surface area contributed by atoms with Gasteiger partial charge in [-0.3, -0.25) is 14.8 Å². The summed E-state index contributed by atoms with van der Waals surface area (Å²) in [5, 5.41) is 3.03. The minimum absolute atomic E-state index is 0. The quantitative estimate of drug-likeness (QED) is 0.891. The van der Waals surface area contributed by atoms with Crippen LogP contribution in [0.5, 0.6) is 0 Å². The second kappa shape index (κ2) is 6.49. The molecule has 0 saturated carbocycles. The molecule has 3 aliphatic rings. The highest BCUT2D eigenvalue weighted by atomic mass is 35.5. The van der Waals surface area contributed by atoms with Crippen molar-refractivity contribution in [2.24, 2.45) is 16.8 Å². The fraction of sp³-hybridized carbons (Fsp3) is 0.353. The molecule has 1 fully saturated rings. The third-order valence-corrected chi connectivity index (χ3v) is 6.44. The number of hydrogen-bond donors (Lipinski definition) is 1. The first-order chi connectivity index (χ1) is 10.8. The molecule has 120 valence electrons. The van der Waals surface area contributed by atoms with Crippen molar-refractivity contribution in [3.8, 4) is 0 Å². The molecule has 1 aliphatic carbocycles. The van der Waals surface area contributed by atoms with Crippen molar-refractivity contribution in [1.82, 2.24) is 4.98 Å². The van der Waals surface area contributed by atoms with Gasteiger partial charge in [-0.2, -0.15) is 0 Å². The molecule has 1 saturated heterocycles. The predicted octanol–water partition coefficient (Wildman–Crippen LogP) is 3.48. The molecule has 3 heterocycles. The molecular formula is C17H18ClN3OS. The Labute approximate surface area is 146 Å². The number of anilines is 1. The molecule has 4 rings (SSSR count). The van der Waals surface area contributed by atoms with Crippen LogP contribution in [0.2, 0.25) is 0 Å². The van der Waals surface area contributed by atoms with Crippen molar-refractivity contribution in [2.45, 2.75) is 17.6 Å². The van der Waals surface area contributed by atoms with E-state index in [1.807, 2.05) is 30.1 Å². The fourth-order valence-electron chi connectivity index (χ4n) is 3.61. The number of carbonyl (C=O) groups excluding carboxylic acids is 1. The second-order valence-corrected chi connectivity index (χ2v) is 7.22. The minimum atomic E-state index is 0. The molecule has 0 aromatic carbocycles. The van der Waals surface area contributed by atoms with E-state index < -0.39 is 0 Å². The number of rotatable bonds is 2. The van der Waals surface area contributed by atoms with E-state index in [2.05, 4.69) is 33.5 Å². The van der Waals surface area contributed by atoms with Crippen LogP contribution in [0.3, 0.4) is 0 Å². The molecule has 4 nitrogen and oxygen atoms in total. The highest BCUT2D eigenvalue weighted by Crippen LogP contribution is 2.57. The molecule has 1 N–H and O–H groups in total. The molecular weight excluding hydrogens is 330 g/mol. The average Bonchev–Trinajstić information content (AvgIpc) is 2.93. The van der Waals surface area contributed by atoms with E-state index >= 15 is 0 Å². The third-order valence-electron chi connectivity index (χ3n) is 4.72. The smallest absolute Gasteiger partial charge is 0.228 e. The zero-order chi connectivity index (χ0) is 15.0. The molecule has 23 heavy (non-hydrogen) atoms. The van der Waals surface area contributed by atoms with Gasteiger partial charge >= 0.3 is 0 Å². The number of hydrogen-bond acceptors (Lipinski definition) is 4. The van der Waals surface area contributed by atoms with Gasteiger partial charge in [-0.1, -0.05) is 12.2 Å². The predicted molar refractivity (Wildman–Crippen MR) is 97.2 cm³/mol. The van der Waals surface area contributed by atoms with E-state index in [4.69, 9.17) is 0 Å². The van der Waals surface area contributed by atoms with E-state index in [9.17, 15) is 4.79 Å². The lowest BCUT2D eigenvalue weighted by atomic mass is 9.73. The number of aromatic nitrogens is 1. The number of halogens is 1. The molecule has 6 heteroatoms. The van der Waals surface area contributed by atoms with Gasteiger partial charge in [0, 0.05) is 30.0 Å². The lowest BCUT2D eigenvalue weighted by molar-refractivity contribution is -0.120. The Bertz CT molecular complexity index is 688. The summed E-state index contributed by atoms with van der Waals surface area (Å²) in [5.74, 6) is 1.33. The summed E-state index contributed by atoms with van der Waals surface area (Å²) in [7, 11) is 0. The van der Waals surface area contributed by atoms with Gasteiger partial charge in [-0.05, 0) is 37.0 Å². The number of nitrogens with one attached hydrogen (secondary N) is 1. The van der Waals surface area contributed by atoms with Gasteiger partial charge in [0.15, 0.2) is 0 Å². The molecule has 3 unspecified atom stereocenters. The van der Waals surface area contributed by atoms with Crippen LogP contribution in [-0.4, -0.2) is 27.6 Å². The number of nitrogens with zero attached hydrogens (tertiary/aromatic N) is 2. The summed E-state index contributed by atoms with van der Waals surface area (Å²) in [4.78, 5) is 21.3. The van der Waals surface area contributed by atoms with E-state index in [1.54, 1.807) is 12.4 Å². The average molecular weight is 348 g/mol. The van der Waals surface area contributed by atoms with Crippen LogP contribution in [-0.2, 0) is 4.79 Å². The summed E-state index contributed by atoms with van der Waals surface area (Å²) in [6, 6.07) is 3.65. The first-order valence-electron chi connectivity index (χ1n) is 7.54. The molecule has 1 spiro atoms. The van der Waals surface area contributed by atoms with Gasteiger partial charge in [-0.25, -0.2) is 0 Å². The van der Waals surface area contributed by atoms with Crippen molar-refractivity contribution in [3.05, 3.63) is 48.5 Å². The number of aliphatic imine (C=N–C) groups is 1. The van der Waals surface area contributed by atoms with Crippen LogP contribution >= 0.6 is 24.2 Å². The van der Waals surface area contributed by atoms with Crippen LogP contribution in [0.25, 0.3) is 0 Å². The minimum Gasteiger partial charge on any atom is -0.326 e. The molecule has 1 aromatic heterocycles. The van der Waals surface area contributed by atoms with Crippen LogP contribution in [0.1, 0.15) is 12.8 Å². The number of pyridine rings is 1. The molecule has 2 aliphatic heterocycles. The number of amides is 1. The zero-order valence-electron chi connectivity index (χ0n) is 12.5. The van der Waals surface area contributed by atoms with Gasteiger partial charge in [0.1, 0.15) is 0 Å². The first-order valence-corrected chi connectivity index (χ1v) is 8.53. The Kier molecular flexibility index (Phi) is 4.60. The maximum atomic E-state index is 12.7. The largest absolute Gasteiger partial charge is 0.326 e. The summed E-state index contributed by atoms with van der Waals surface area (Å²) in [6.07, 6.45) is 13.6. The lowest BCUT2D eigenvalue weighted by Crippen LogP contribution is -2.41. The molecule has 0 bridgehead atoms. The fourth-order valence-corrected chi connectivity index (χ4v) is 5.43.